The molecule has 9 heteroatoms. The van der Waals surface area contributed by atoms with Gasteiger partial charge in [0.1, 0.15) is 0 Å². The summed E-state index contributed by atoms with van der Waals surface area (Å²) in [5.41, 5.74) is 0.776. The number of nitrogens with zero attached hydrogens (tertiary/aromatic N) is 1. The number of Topliss-reactive ketones (excluding diaryl/α,β-unsaturated/α-hetero) is 2. The minimum Gasteiger partial charge on any atom is -0.449 e. The molecule has 0 radical (unpaired) electrons. The summed E-state index contributed by atoms with van der Waals surface area (Å²) in [6, 6.07) is 1.24. The first kappa shape index (κ1) is 26.0. The Hall–Kier alpha value is -2.29. The molecule has 2 bridgehead atoms. The maximum atomic E-state index is 13.1. The Balaban J connectivity index is 2.05. The van der Waals surface area contributed by atoms with E-state index in [-0.39, 0.29) is 30.1 Å². The fourth-order valence-corrected chi connectivity index (χ4v) is 4.22. The monoisotopic (exact) mass is 465 g/mol. The summed E-state index contributed by atoms with van der Waals surface area (Å²) in [5, 5.41) is 5.30. The first-order valence-electron chi connectivity index (χ1n) is 11.2. The molecule has 0 saturated heterocycles. The van der Waals surface area contributed by atoms with Crippen LogP contribution in [-0.2, 0) is 32.0 Å². The second-order valence-electron chi connectivity index (χ2n) is 9.92. The quantitative estimate of drug-likeness (QED) is 0.624. The van der Waals surface area contributed by atoms with Gasteiger partial charge in [-0.25, -0.2) is 4.79 Å². The Labute approximate surface area is 194 Å². The van der Waals surface area contributed by atoms with Crippen LogP contribution in [0.15, 0.2) is 6.07 Å². The van der Waals surface area contributed by atoms with Crippen LogP contribution >= 0.6 is 11.5 Å². The molecule has 32 heavy (non-hydrogen) atoms. The van der Waals surface area contributed by atoms with Crippen LogP contribution in [0, 0.1) is 17.3 Å². The first-order chi connectivity index (χ1) is 15.0. The van der Waals surface area contributed by atoms with Gasteiger partial charge in [-0.1, -0.05) is 34.6 Å². The highest BCUT2D eigenvalue weighted by molar-refractivity contribution is 7.05. The van der Waals surface area contributed by atoms with Gasteiger partial charge in [-0.3, -0.25) is 14.4 Å². The van der Waals surface area contributed by atoms with Crippen LogP contribution in [0.2, 0.25) is 0 Å². The molecule has 178 valence electrons. The molecule has 0 fully saturated rings. The molecule has 2 rings (SSSR count). The largest absolute Gasteiger partial charge is 0.449 e. The number of ether oxygens (including phenoxy) is 1. The Morgan fingerprint density at radius 1 is 1.28 bits per heavy atom. The molecule has 2 unspecified atom stereocenters. The molecule has 1 aromatic rings. The zero-order valence-electron chi connectivity index (χ0n) is 19.7. The van der Waals surface area contributed by atoms with Crippen molar-refractivity contribution in [2.75, 3.05) is 13.2 Å². The minimum atomic E-state index is -0.791. The summed E-state index contributed by atoms with van der Waals surface area (Å²) < 4.78 is 9.65. The highest BCUT2D eigenvalue weighted by Gasteiger charge is 2.32. The third kappa shape index (κ3) is 8.33. The Bertz CT molecular complexity index is 828. The summed E-state index contributed by atoms with van der Waals surface area (Å²) >= 11 is 1.41. The Morgan fingerprint density at radius 2 is 2.00 bits per heavy atom. The fourth-order valence-electron chi connectivity index (χ4n) is 3.46. The van der Waals surface area contributed by atoms with Crippen LogP contribution in [0.5, 0.6) is 0 Å². The Morgan fingerprint density at radius 3 is 2.66 bits per heavy atom. The molecule has 2 heterocycles. The van der Waals surface area contributed by atoms with E-state index in [1.54, 1.807) is 0 Å². The van der Waals surface area contributed by atoms with Crippen LogP contribution in [0.25, 0.3) is 0 Å². The van der Waals surface area contributed by atoms with Gasteiger partial charge >= 0.3 is 6.09 Å². The SMILES string of the molecule is CC(C)C(NC(=O)OCC(C)(C)C)C(=O)CC1CCCc2cc(sn2)CCNC(=O)C1=O. The zero-order chi connectivity index (χ0) is 23.9. The predicted octanol–water partition coefficient (Wildman–Crippen LogP) is 3.08. The second-order valence-corrected chi connectivity index (χ2v) is 10.8. The van der Waals surface area contributed by atoms with Gasteiger partial charge in [0, 0.05) is 30.2 Å². The standard InChI is InChI=1S/C23H35N3O5S/c1-14(2)19(25-22(30)31-13-23(3,4)5)18(27)11-15-7-6-8-16-12-17(32-26-16)9-10-24-21(29)20(15)28/h12,14-15,19H,6-11,13H2,1-5H3,(H,24,29)(H,25,30). The maximum absolute atomic E-state index is 13.1. The fraction of sp³-hybridized carbons (Fsp3) is 0.696. The number of carbonyl (C=O) groups is 4. The van der Waals surface area contributed by atoms with Gasteiger partial charge in [0.15, 0.2) is 5.78 Å². The minimum absolute atomic E-state index is 0.100. The van der Waals surface area contributed by atoms with Gasteiger partial charge in [-0.05, 0) is 48.2 Å². The van der Waals surface area contributed by atoms with E-state index >= 15 is 0 Å². The Kier molecular flexibility index (Phi) is 9.36. The number of rotatable bonds is 6. The van der Waals surface area contributed by atoms with E-state index in [2.05, 4.69) is 15.0 Å². The van der Waals surface area contributed by atoms with Crippen molar-refractivity contribution in [1.29, 1.82) is 0 Å². The lowest BCUT2D eigenvalue weighted by molar-refractivity contribution is -0.141. The van der Waals surface area contributed by atoms with E-state index in [1.807, 2.05) is 40.7 Å². The summed E-state index contributed by atoms with van der Waals surface area (Å²) in [6.45, 7) is 10.0. The summed E-state index contributed by atoms with van der Waals surface area (Å²) in [5.74, 6) is -2.43. The van der Waals surface area contributed by atoms with E-state index < -0.39 is 29.7 Å². The lowest BCUT2D eigenvalue weighted by Gasteiger charge is -2.24. The van der Waals surface area contributed by atoms with Crippen molar-refractivity contribution in [1.82, 2.24) is 15.0 Å². The molecule has 0 spiro atoms. The van der Waals surface area contributed by atoms with E-state index in [4.69, 9.17) is 4.74 Å². The summed E-state index contributed by atoms with van der Waals surface area (Å²) in [4.78, 5) is 51.5. The number of alkyl carbamates (subject to hydrolysis) is 1. The summed E-state index contributed by atoms with van der Waals surface area (Å²) in [7, 11) is 0. The molecule has 2 N–H and O–H groups in total. The maximum Gasteiger partial charge on any atom is 0.407 e. The molecular formula is C23H35N3O5S. The van der Waals surface area contributed by atoms with E-state index in [9.17, 15) is 19.2 Å². The van der Waals surface area contributed by atoms with Gasteiger partial charge in [-0.2, -0.15) is 4.37 Å². The molecule has 0 aromatic carbocycles. The molecule has 8 nitrogen and oxygen atoms in total. The van der Waals surface area contributed by atoms with Gasteiger partial charge in [0.05, 0.1) is 18.3 Å². The van der Waals surface area contributed by atoms with Crippen molar-refractivity contribution < 1.29 is 23.9 Å². The predicted molar refractivity (Wildman–Crippen MR) is 122 cm³/mol. The van der Waals surface area contributed by atoms with Gasteiger partial charge in [0.25, 0.3) is 5.91 Å². The van der Waals surface area contributed by atoms with Crippen molar-refractivity contribution in [3.8, 4) is 0 Å². The number of ketones is 2. The van der Waals surface area contributed by atoms with Crippen LogP contribution in [0.1, 0.15) is 64.5 Å². The van der Waals surface area contributed by atoms with Crippen LogP contribution in [0.4, 0.5) is 4.79 Å². The average Bonchev–Trinajstić information content (AvgIpc) is 3.15. The van der Waals surface area contributed by atoms with Gasteiger partial charge in [-0.15, -0.1) is 0 Å². The number of fused-ring (bicyclic) bond motifs is 2. The lowest BCUT2D eigenvalue weighted by atomic mass is 9.87. The highest BCUT2D eigenvalue weighted by Crippen LogP contribution is 2.21. The molecule has 1 aliphatic heterocycles. The molecule has 1 aromatic heterocycles. The third-order valence-corrected chi connectivity index (χ3v) is 6.10. The number of nitrogens with one attached hydrogen (secondary N) is 2. The first-order valence-corrected chi connectivity index (χ1v) is 12.0. The van der Waals surface area contributed by atoms with Crippen LogP contribution in [0.3, 0.4) is 0 Å². The normalized spacial score (nSPS) is 18.9. The van der Waals surface area contributed by atoms with Gasteiger partial charge < -0.3 is 15.4 Å². The highest BCUT2D eigenvalue weighted by atomic mass is 32.1. The van der Waals surface area contributed by atoms with Crippen molar-refractivity contribution in [3.05, 3.63) is 16.6 Å². The third-order valence-electron chi connectivity index (χ3n) is 5.22. The molecular weight excluding hydrogens is 430 g/mol. The second kappa shape index (κ2) is 11.5. The number of aromatic nitrogens is 1. The van der Waals surface area contributed by atoms with Crippen LogP contribution < -0.4 is 10.6 Å². The lowest BCUT2D eigenvalue weighted by Crippen LogP contribution is -2.46. The summed E-state index contributed by atoms with van der Waals surface area (Å²) in [6.07, 6.45) is 1.61. The van der Waals surface area contributed by atoms with E-state index in [0.29, 0.717) is 32.2 Å². The number of amides is 2. The van der Waals surface area contributed by atoms with Crippen molar-refractivity contribution in [2.24, 2.45) is 17.3 Å². The van der Waals surface area contributed by atoms with Crippen LogP contribution in [-0.4, -0.2) is 47.1 Å². The van der Waals surface area contributed by atoms with E-state index in [1.165, 1.54) is 11.5 Å². The molecule has 0 aliphatic carbocycles. The number of aryl methyl sites for hydroxylation is 1. The van der Waals surface area contributed by atoms with Gasteiger partial charge in [0.2, 0.25) is 5.78 Å². The van der Waals surface area contributed by atoms with E-state index in [0.717, 1.165) is 10.6 Å². The van der Waals surface area contributed by atoms with Crippen molar-refractivity contribution >= 4 is 35.1 Å². The molecule has 2 amide bonds. The van der Waals surface area contributed by atoms with Crippen molar-refractivity contribution in [2.45, 2.75) is 72.8 Å². The van der Waals surface area contributed by atoms with Crippen molar-refractivity contribution in [3.63, 3.8) is 0 Å². The zero-order valence-corrected chi connectivity index (χ0v) is 20.5. The molecule has 2 atom stereocenters. The smallest absolute Gasteiger partial charge is 0.407 e. The average molecular weight is 466 g/mol. The topological polar surface area (TPSA) is 114 Å². The number of carbonyl (C=O) groups excluding carboxylic acids is 4. The molecule has 0 saturated carbocycles. The number of hydrogen-bond donors (Lipinski definition) is 2. The molecule has 1 aliphatic rings. The number of hydrogen-bond acceptors (Lipinski definition) is 7.